The quantitative estimate of drug-likeness (QED) is 0.834. The summed E-state index contributed by atoms with van der Waals surface area (Å²) in [7, 11) is 0. The molecule has 0 aliphatic heterocycles. The molecule has 84 valence electrons. The topological polar surface area (TPSA) is 40.5 Å². The lowest BCUT2D eigenvalue weighted by atomic mass is 9.85. The zero-order valence-corrected chi connectivity index (χ0v) is 9.26. The molecule has 0 aliphatic carbocycles. The van der Waals surface area contributed by atoms with Gasteiger partial charge in [-0.3, -0.25) is 0 Å². The molecule has 0 unspecified atom stereocenters. The van der Waals surface area contributed by atoms with Crippen LogP contribution in [0.2, 0.25) is 5.02 Å². The summed E-state index contributed by atoms with van der Waals surface area (Å²) in [6, 6.07) is 4.27. The average Bonchev–Trinajstić information content (AvgIpc) is 2.23. The van der Waals surface area contributed by atoms with Crippen LogP contribution in [0.3, 0.4) is 0 Å². The van der Waals surface area contributed by atoms with E-state index >= 15 is 0 Å². The summed E-state index contributed by atoms with van der Waals surface area (Å²) in [5.74, 6) is -0.368. The summed E-state index contributed by atoms with van der Waals surface area (Å²) < 4.78 is 13.4. The van der Waals surface area contributed by atoms with Gasteiger partial charge in [0, 0.05) is 10.4 Å². The van der Waals surface area contributed by atoms with Crippen LogP contribution >= 0.6 is 11.6 Å². The van der Waals surface area contributed by atoms with Crippen LogP contribution in [0, 0.1) is 11.2 Å². The number of halogens is 2. The Morgan fingerprint density at radius 3 is 2.47 bits per heavy atom. The average molecular weight is 233 g/mol. The van der Waals surface area contributed by atoms with Crippen molar-refractivity contribution in [2.45, 2.75) is 13.3 Å². The molecule has 4 heteroatoms. The van der Waals surface area contributed by atoms with Gasteiger partial charge in [0.1, 0.15) is 5.82 Å². The fraction of sp³-hybridized carbons (Fsp3) is 0.455. The largest absolute Gasteiger partial charge is 0.396 e. The highest BCUT2D eigenvalue weighted by Gasteiger charge is 2.24. The first-order valence-corrected chi connectivity index (χ1v) is 5.04. The van der Waals surface area contributed by atoms with Gasteiger partial charge < -0.3 is 10.2 Å². The van der Waals surface area contributed by atoms with Crippen molar-refractivity contribution in [3.05, 3.63) is 34.6 Å². The minimum absolute atomic E-state index is 0.199. The summed E-state index contributed by atoms with van der Waals surface area (Å²) in [5.41, 5.74) is -0.306. The van der Waals surface area contributed by atoms with Crippen molar-refractivity contribution >= 4 is 11.6 Å². The second-order valence-electron chi connectivity index (χ2n) is 4.04. The van der Waals surface area contributed by atoms with Crippen LogP contribution < -0.4 is 0 Å². The Morgan fingerprint density at radius 2 is 1.93 bits per heavy atom. The minimum atomic E-state index is -0.717. The van der Waals surface area contributed by atoms with Crippen molar-refractivity contribution in [3.8, 4) is 0 Å². The van der Waals surface area contributed by atoms with Crippen molar-refractivity contribution in [2.75, 3.05) is 13.2 Å². The fourth-order valence-electron chi connectivity index (χ4n) is 1.30. The van der Waals surface area contributed by atoms with Gasteiger partial charge in [-0.1, -0.05) is 18.5 Å². The van der Waals surface area contributed by atoms with Crippen LogP contribution in [0.1, 0.15) is 12.5 Å². The van der Waals surface area contributed by atoms with Crippen molar-refractivity contribution in [1.29, 1.82) is 0 Å². The van der Waals surface area contributed by atoms with Gasteiger partial charge in [0.2, 0.25) is 0 Å². The normalized spacial score (nSPS) is 11.8. The molecule has 0 saturated heterocycles. The Balaban J connectivity index is 2.92. The summed E-state index contributed by atoms with van der Waals surface area (Å²) >= 11 is 5.74. The summed E-state index contributed by atoms with van der Waals surface area (Å²) in [4.78, 5) is 0. The number of hydrogen-bond acceptors (Lipinski definition) is 2. The highest BCUT2D eigenvalue weighted by atomic mass is 35.5. The first-order chi connectivity index (χ1) is 7.00. The summed E-state index contributed by atoms with van der Waals surface area (Å²) in [5, 5.41) is 18.6. The molecule has 0 heterocycles. The molecule has 2 nitrogen and oxygen atoms in total. The van der Waals surface area contributed by atoms with E-state index in [9.17, 15) is 4.39 Å². The Bertz CT molecular complexity index is 337. The van der Waals surface area contributed by atoms with E-state index in [2.05, 4.69) is 0 Å². The molecule has 0 atom stereocenters. The smallest absolute Gasteiger partial charge is 0.126 e. The molecular formula is C11H14ClFO2. The standard InChI is InChI=1S/C11H14ClFO2/c1-11(6-14,7-15)5-8-4-9(12)2-3-10(8)13/h2-4,14-15H,5-7H2,1H3. The van der Waals surface area contributed by atoms with Gasteiger partial charge in [0.05, 0.1) is 13.2 Å². The number of benzene rings is 1. The Hall–Kier alpha value is -0.640. The van der Waals surface area contributed by atoms with E-state index in [1.807, 2.05) is 0 Å². The lowest BCUT2D eigenvalue weighted by molar-refractivity contribution is 0.0697. The maximum Gasteiger partial charge on any atom is 0.126 e. The SMILES string of the molecule is CC(CO)(CO)Cc1cc(Cl)ccc1F. The maximum atomic E-state index is 13.4. The van der Waals surface area contributed by atoms with Gasteiger partial charge in [0.25, 0.3) is 0 Å². The van der Waals surface area contributed by atoms with Gasteiger partial charge in [0.15, 0.2) is 0 Å². The second kappa shape index (κ2) is 4.92. The molecule has 0 radical (unpaired) electrons. The number of aliphatic hydroxyl groups excluding tert-OH is 2. The Labute approximate surface area is 93.3 Å². The van der Waals surface area contributed by atoms with Crippen molar-refractivity contribution in [3.63, 3.8) is 0 Å². The number of aliphatic hydroxyl groups is 2. The predicted octanol–water partition coefficient (Wildman–Crippen LogP) is 2.01. The van der Waals surface area contributed by atoms with E-state index in [4.69, 9.17) is 21.8 Å². The molecular weight excluding hydrogens is 219 g/mol. The summed E-state index contributed by atoms with van der Waals surface area (Å²) in [6.07, 6.45) is 0.256. The molecule has 1 aromatic carbocycles. The molecule has 0 fully saturated rings. The Morgan fingerprint density at radius 1 is 1.33 bits per heavy atom. The third kappa shape index (κ3) is 3.16. The third-order valence-corrected chi connectivity index (χ3v) is 2.62. The molecule has 0 spiro atoms. The van der Waals surface area contributed by atoms with Crippen LogP contribution in [0.4, 0.5) is 4.39 Å². The lowest BCUT2D eigenvalue weighted by Gasteiger charge is -2.24. The fourth-order valence-corrected chi connectivity index (χ4v) is 1.50. The van der Waals surface area contributed by atoms with Crippen molar-refractivity contribution in [1.82, 2.24) is 0 Å². The molecule has 0 aromatic heterocycles. The van der Waals surface area contributed by atoms with Crippen LogP contribution in [0.15, 0.2) is 18.2 Å². The van der Waals surface area contributed by atoms with Crippen LogP contribution in [0.25, 0.3) is 0 Å². The van der Waals surface area contributed by atoms with E-state index < -0.39 is 5.41 Å². The highest BCUT2D eigenvalue weighted by Crippen LogP contribution is 2.25. The second-order valence-corrected chi connectivity index (χ2v) is 4.48. The van der Waals surface area contributed by atoms with Crippen LogP contribution in [-0.4, -0.2) is 23.4 Å². The predicted molar refractivity (Wildman–Crippen MR) is 57.4 cm³/mol. The highest BCUT2D eigenvalue weighted by molar-refractivity contribution is 6.30. The van der Waals surface area contributed by atoms with Crippen LogP contribution in [0.5, 0.6) is 0 Å². The Kier molecular flexibility index (Phi) is 4.08. The van der Waals surface area contributed by atoms with E-state index in [1.165, 1.54) is 18.2 Å². The minimum Gasteiger partial charge on any atom is -0.396 e. The van der Waals surface area contributed by atoms with E-state index in [0.717, 1.165) is 0 Å². The molecule has 1 aromatic rings. The van der Waals surface area contributed by atoms with Crippen molar-refractivity contribution < 1.29 is 14.6 Å². The van der Waals surface area contributed by atoms with Gasteiger partial charge in [-0.15, -0.1) is 0 Å². The first-order valence-electron chi connectivity index (χ1n) is 4.66. The zero-order valence-electron chi connectivity index (χ0n) is 8.50. The molecule has 2 N–H and O–H groups in total. The van der Waals surface area contributed by atoms with Gasteiger partial charge in [-0.2, -0.15) is 0 Å². The van der Waals surface area contributed by atoms with E-state index in [1.54, 1.807) is 6.92 Å². The van der Waals surface area contributed by atoms with Gasteiger partial charge >= 0.3 is 0 Å². The van der Waals surface area contributed by atoms with Crippen LogP contribution in [-0.2, 0) is 6.42 Å². The van der Waals surface area contributed by atoms with E-state index in [-0.39, 0.29) is 25.5 Å². The summed E-state index contributed by atoms with van der Waals surface area (Å²) in [6.45, 7) is 1.29. The monoisotopic (exact) mass is 232 g/mol. The van der Waals surface area contributed by atoms with Gasteiger partial charge in [-0.25, -0.2) is 4.39 Å². The first kappa shape index (κ1) is 12.4. The molecule has 0 saturated carbocycles. The number of hydrogen-bond donors (Lipinski definition) is 2. The molecule has 1 rings (SSSR count). The lowest BCUT2D eigenvalue weighted by Crippen LogP contribution is -2.29. The van der Waals surface area contributed by atoms with Crippen molar-refractivity contribution in [2.24, 2.45) is 5.41 Å². The maximum absolute atomic E-state index is 13.4. The molecule has 0 bridgehead atoms. The molecule has 0 amide bonds. The van der Waals surface area contributed by atoms with E-state index in [0.29, 0.717) is 10.6 Å². The zero-order chi connectivity index (χ0) is 11.5. The third-order valence-electron chi connectivity index (χ3n) is 2.39. The molecule has 15 heavy (non-hydrogen) atoms. The number of rotatable bonds is 4. The molecule has 0 aliphatic rings. The van der Waals surface area contributed by atoms with Gasteiger partial charge in [-0.05, 0) is 30.2 Å².